The number of hydrogen-bond acceptors (Lipinski definition) is 6. The zero-order valence-electron chi connectivity index (χ0n) is 16.8. The smallest absolute Gasteiger partial charge is 0.270 e. The van der Waals surface area contributed by atoms with Gasteiger partial charge in [0.2, 0.25) is 10.0 Å². The molecule has 3 aromatic carbocycles. The number of anilines is 1. The van der Waals surface area contributed by atoms with Gasteiger partial charge in [-0.3, -0.25) is 14.8 Å². The van der Waals surface area contributed by atoms with E-state index in [0.717, 1.165) is 6.26 Å². The molecule has 0 aliphatic carbocycles. The zero-order valence-corrected chi connectivity index (χ0v) is 17.6. The number of nitro groups is 1. The Hall–Kier alpha value is -4.18. The molecule has 4 aromatic rings. The minimum absolute atomic E-state index is 0.110. The summed E-state index contributed by atoms with van der Waals surface area (Å²) in [5, 5.41) is 22.4. The zero-order chi connectivity index (χ0) is 22.9. The lowest BCUT2D eigenvalue weighted by Crippen LogP contribution is -2.09. The molecule has 1 heterocycles. The molecule has 3 N–H and O–H groups in total. The van der Waals surface area contributed by atoms with Gasteiger partial charge in [-0.25, -0.2) is 13.4 Å². The van der Waals surface area contributed by atoms with Gasteiger partial charge in [-0.05, 0) is 30.3 Å². The second kappa shape index (κ2) is 8.16. The molecule has 0 atom stereocenters. The van der Waals surface area contributed by atoms with Gasteiger partial charge in [0.15, 0.2) is 5.88 Å². The Labute approximate surface area is 183 Å². The normalized spacial score (nSPS) is 12.1. The van der Waals surface area contributed by atoms with Crippen molar-refractivity contribution in [2.45, 2.75) is 0 Å². The van der Waals surface area contributed by atoms with Crippen molar-refractivity contribution in [2.75, 3.05) is 11.0 Å². The molecule has 1 aromatic heterocycles. The summed E-state index contributed by atoms with van der Waals surface area (Å²) in [5.41, 5.74) is 2.72. The molecule has 0 fully saturated rings. The Kier molecular flexibility index (Phi) is 5.37. The first-order valence-corrected chi connectivity index (χ1v) is 11.3. The highest BCUT2D eigenvalue weighted by Crippen LogP contribution is 2.33. The highest BCUT2D eigenvalue weighted by atomic mass is 32.2. The predicted octanol–water partition coefficient (Wildman–Crippen LogP) is 4.32. The number of sulfonamides is 1. The van der Waals surface area contributed by atoms with Crippen LogP contribution in [0, 0.1) is 10.1 Å². The lowest BCUT2D eigenvalue weighted by atomic mass is 10.0. The molecule has 0 aliphatic heterocycles. The van der Waals surface area contributed by atoms with Crippen LogP contribution < -0.4 is 4.72 Å². The molecule has 0 spiro atoms. The fraction of sp³-hybridized carbons (Fsp3) is 0.0455. The van der Waals surface area contributed by atoms with Gasteiger partial charge in [0.05, 0.1) is 28.1 Å². The van der Waals surface area contributed by atoms with Gasteiger partial charge in [0, 0.05) is 34.3 Å². The van der Waals surface area contributed by atoms with Crippen molar-refractivity contribution in [1.29, 1.82) is 0 Å². The third-order valence-corrected chi connectivity index (χ3v) is 5.28. The Morgan fingerprint density at radius 3 is 2.38 bits per heavy atom. The Bertz CT molecular complexity index is 1440. The number of nitro benzene ring substituents is 1. The molecule has 10 heteroatoms. The number of aromatic amines is 1. The van der Waals surface area contributed by atoms with Crippen molar-refractivity contribution in [3.05, 3.63) is 94.0 Å². The van der Waals surface area contributed by atoms with Crippen LogP contribution in [0.1, 0.15) is 11.1 Å². The van der Waals surface area contributed by atoms with Crippen molar-refractivity contribution in [3.8, 4) is 5.88 Å². The van der Waals surface area contributed by atoms with E-state index in [-0.39, 0.29) is 11.6 Å². The number of fused-ring (bicyclic) bond motifs is 1. The number of rotatable bonds is 6. The number of nitrogens with one attached hydrogen (secondary N) is 2. The van der Waals surface area contributed by atoms with Crippen LogP contribution in [-0.4, -0.2) is 35.4 Å². The van der Waals surface area contributed by atoms with E-state index in [1.807, 2.05) is 30.3 Å². The number of nitrogens with zero attached hydrogens (tertiary/aromatic N) is 2. The second-order valence-electron chi connectivity index (χ2n) is 7.08. The SMILES string of the molecule is CS(=O)(=O)Nc1ccc(N=C(c2ccccc2)c2c(O)[nH]c3ccc([N+](=O)[O-])cc23)cc1. The average molecular weight is 450 g/mol. The maximum absolute atomic E-state index is 11.4. The molecule has 162 valence electrons. The van der Waals surface area contributed by atoms with E-state index in [1.165, 1.54) is 18.2 Å². The van der Waals surface area contributed by atoms with E-state index in [1.54, 1.807) is 24.3 Å². The van der Waals surface area contributed by atoms with Crippen LogP contribution in [0.25, 0.3) is 10.9 Å². The second-order valence-corrected chi connectivity index (χ2v) is 8.83. The van der Waals surface area contributed by atoms with E-state index in [2.05, 4.69) is 14.7 Å². The lowest BCUT2D eigenvalue weighted by molar-refractivity contribution is -0.384. The number of non-ortho nitro benzene ring substituents is 1. The molecule has 0 radical (unpaired) electrons. The molecule has 0 saturated carbocycles. The van der Waals surface area contributed by atoms with Gasteiger partial charge in [0.1, 0.15) is 0 Å². The van der Waals surface area contributed by atoms with Crippen LogP contribution in [-0.2, 0) is 10.0 Å². The summed E-state index contributed by atoms with van der Waals surface area (Å²) in [6, 6.07) is 19.8. The summed E-state index contributed by atoms with van der Waals surface area (Å²) < 4.78 is 25.2. The number of hydrogen-bond donors (Lipinski definition) is 3. The first-order valence-electron chi connectivity index (χ1n) is 9.43. The third-order valence-electron chi connectivity index (χ3n) is 4.67. The molecule has 0 unspecified atom stereocenters. The molecular formula is C22H18N4O5S. The summed E-state index contributed by atoms with van der Waals surface area (Å²) in [7, 11) is -3.41. The molecular weight excluding hydrogens is 432 g/mol. The molecule has 0 aliphatic rings. The molecule has 4 rings (SSSR count). The first-order chi connectivity index (χ1) is 15.2. The van der Waals surface area contributed by atoms with Gasteiger partial charge in [-0.1, -0.05) is 30.3 Å². The maximum atomic E-state index is 11.4. The van der Waals surface area contributed by atoms with Crippen molar-refractivity contribution in [3.63, 3.8) is 0 Å². The highest BCUT2D eigenvalue weighted by molar-refractivity contribution is 7.92. The summed E-state index contributed by atoms with van der Waals surface area (Å²) in [4.78, 5) is 18.3. The fourth-order valence-electron chi connectivity index (χ4n) is 3.33. The summed E-state index contributed by atoms with van der Waals surface area (Å²) >= 11 is 0. The van der Waals surface area contributed by atoms with Crippen molar-refractivity contribution >= 4 is 43.7 Å². The van der Waals surface area contributed by atoms with Crippen molar-refractivity contribution in [2.24, 2.45) is 4.99 Å². The van der Waals surface area contributed by atoms with E-state index in [4.69, 9.17) is 0 Å². The number of H-pyrrole nitrogens is 1. The molecule has 32 heavy (non-hydrogen) atoms. The number of aliphatic imine (C=N–C) groups is 1. The standard InChI is InChI=1S/C22H18N4O5S/c1-32(30,31)25-16-9-7-15(8-10-16)23-21(14-5-3-2-4-6-14)20-18-13-17(26(28)29)11-12-19(18)24-22(20)27/h2-13,24-25,27H,1H3. The van der Waals surface area contributed by atoms with E-state index in [9.17, 15) is 23.6 Å². The third kappa shape index (κ3) is 4.44. The first kappa shape index (κ1) is 21.1. The average Bonchev–Trinajstić information content (AvgIpc) is 3.07. The quantitative estimate of drug-likeness (QED) is 0.228. The van der Waals surface area contributed by atoms with E-state index >= 15 is 0 Å². The lowest BCUT2D eigenvalue weighted by Gasteiger charge is -2.08. The van der Waals surface area contributed by atoms with Gasteiger partial charge in [-0.15, -0.1) is 0 Å². The van der Waals surface area contributed by atoms with Gasteiger partial charge < -0.3 is 10.1 Å². The largest absolute Gasteiger partial charge is 0.494 e. The van der Waals surface area contributed by atoms with E-state index < -0.39 is 14.9 Å². The monoisotopic (exact) mass is 450 g/mol. The minimum Gasteiger partial charge on any atom is -0.494 e. The molecule has 0 saturated heterocycles. The summed E-state index contributed by atoms with van der Waals surface area (Å²) in [6.45, 7) is 0. The predicted molar refractivity (Wildman–Crippen MR) is 123 cm³/mol. The highest BCUT2D eigenvalue weighted by Gasteiger charge is 2.20. The number of aromatic hydroxyl groups is 1. The number of aromatic nitrogens is 1. The fourth-order valence-corrected chi connectivity index (χ4v) is 3.89. The topological polar surface area (TPSA) is 138 Å². The minimum atomic E-state index is -3.41. The van der Waals surface area contributed by atoms with Gasteiger partial charge in [0.25, 0.3) is 5.69 Å². The van der Waals surface area contributed by atoms with Crippen LogP contribution in [0.5, 0.6) is 5.88 Å². The van der Waals surface area contributed by atoms with Gasteiger partial charge >= 0.3 is 0 Å². The van der Waals surface area contributed by atoms with Crippen molar-refractivity contribution < 1.29 is 18.4 Å². The van der Waals surface area contributed by atoms with Crippen molar-refractivity contribution in [1.82, 2.24) is 4.98 Å². The number of benzene rings is 3. The summed E-state index contributed by atoms with van der Waals surface area (Å²) in [6.07, 6.45) is 1.06. The van der Waals surface area contributed by atoms with Crippen LogP contribution >= 0.6 is 0 Å². The summed E-state index contributed by atoms with van der Waals surface area (Å²) in [5.74, 6) is -0.168. The van der Waals surface area contributed by atoms with Crippen LogP contribution in [0.3, 0.4) is 0 Å². The molecule has 9 nitrogen and oxygen atoms in total. The van der Waals surface area contributed by atoms with Crippen LogP contribution in [0.15, 0.2) is 77.8 Å². The molecule has 0 bridgehead atoms. The molecule has 0 amide bonds. The Morgan fingerprint density at radius 1 is 1.06 bits per heavy atom. The van der Waals surface area contributed by atoms with Gasteiger partial charge in [-0.2, -0.15) is 0 Å². The van der Waals surface area contributed by atoms with Crippen LogP contribution in [0.2, 0.25) is 0 Å². The Morgan fingerprint density at radius 2 is 1.75 bits per heavy atom. The van der Waals surface area contributed by atoms with Crippen LogP contribution in [0.4, 0.5) is 17.1 Å². The van der Waals surface area contributed by atoms with E-state index in [0.29, 0.717) is 39.1 Å². The Balaban J connectivity index is 1.89. The maximum Gasteiger partial charge on any atom is 0.270 e.